The van der Waals surface area contributed by atoms with Crippen molar-refractivity contribution >= 4 is 0 Å². The third-order valence-corrected chi connectivity index (χ3v) is 4.05. The third-order valence-electron chi connectivity index (χ3n) is 4.05. The van der Waals surface area contributed by atoms with Gasteiger partial charge in [0.1, 0.15) is 0 Å². The predicted molar refractivity (Wildman–Crippen MR) is 68.8 cm³/mol. The fourth-order valence-corrected chi connectivity index (χ4v) is 2.92. The molecule has 0 spiro atoms. The molecule has 0 bridgehead atoms. The van der Waals surface area contributed by atoms with Crippen molar-refractivity contribution in [1.29, 1.82) is 0 Å². The zero-order valence-corrected chi connectivity index (χ0v) is 10.7. The van der Waals surface area contributed by atoms with Gasteiger partial charge in [-0.25, -0.2) is 0 Å². The van der Waals surface area contributed by atoms with Crippen molar-refractivity contribution < 1.29 is 0 Å². The Balaban J connectivity index is 1.48. The molecule has 2 fully saturated rings. The molecule has 16 heavy (non-hydrogen) atoms. The van der Waals surface area contributed by atoms with Gasteiger partial charge in [-0.1, -0.05) is 6.92 Å². The summed E-state index contributed by atoms with van der Waals surface area (Å²) in [6.45, 7) is 12.4. The second kappa shape index (κ2) is 6.58. The lowest BCUT2D eigenvalue weighted by atomic mass is 10.1. The van der Waals surface area contributed by atoms with Crippen molar-refractivity contribution in [2.45, 2.75) is 26.2 Å². The van der Waals surface area contributed by atoms with Crippen LogP contribution in [0.5, 0.6) is 0 Å². The van der Waals surface area contributed by atoms with Crippen molar-refractivity contribution in [3.8, 4) is 0 Å². The number of likely N-dealkylation sites (tertiary alicyclic amines) is 2. The molecular weight excluding hydrogens is 198 g/mol. The molecule has 94 valence electrons. The average molecular weight is 225 g/mol. The van der Waals surface area contributed by atoms with Gasteiger partial charge >= 0.3 is 0 Å². The summed E-state index contributed by atoms with van der Waals surface area (Å²) in [5.41, 5.74) is 0. The van der Waals surface area contributed by atoms with Crippen LogP contribution in [0.2, 0.25) is 0 Å². The smallest absolute Gasteiger partial charge is 0.0107 e. The summed E-state index contributed by atoms with van der Waals surface area (Å²) in [7, 11) is 0. The Morgan fingerprint density at radius 1 is 1.12 bits per heavy atom. The summed E-state index contributed by atoms with van der Waals surface area (Å²) >= 11 is 0. The number of hydrogen-bond donors (Lipinski definition) is 1. The summed E-state index contributed by atoms with van der Waals surface area (Å²) in [4.78, 5) is 5.15. The van der Waals surface area contributed by atoms with E-state index in [9.17, 15) is 0 Å². The summed E-state index contributed by atoms with van der Waals surface area (Å²) in [5.74, 6) is 0.901. The zero-order chi connectivity index (χ0) is 11.2. The molecule has 0 amide bonds. The number of nitrogens with one attached hydrogen (secondary N) is 1. The van der Waals surface area contributed by atoms with Crippen LogP contribution in [0.1, 0.15) is 26.2 Å². The predicted octanol–water partition coefficient (Wildman–Crippen LogP) is 1.01. The molecule has 2 heterocycles. The lowest BCUT2D eigenvalue weighted by molar-refractivity contribution is 0.321. The van der Waals surface area contributed by atoms with Gasteiger partial charge in [0.05, 0.1) is 0 Å². The molecular formula is C13H27N3. The van der Waals surface area contributed by atoms with Crippen LogP contribution in [0.25, 0.3) is 0 Å². The van der Waals surface area contributed by atoms with E-state index in [2.05, 4.69) is 22.0 Å². The van der Waals surface area contributed by atoms with Gasteiger partial charge in [-0.05, 0) is 57.9 Å². The van der Waals surface area contributed by atoms with Crippen LogP contribution >= 0.6 is 0 Å². The molecule has 0 aromatic heterocycles. The van der Waals surface area contributed by atoms with E-state index in [1.165, 1.54) is 71.6 Å². The van der Waals surface area contributed by atoms with E-state index in [0.717, 1.165) is 5.92 Å². The fourth-order valence-electron chi connectivity index (χ4n) is 2.92. The second-order valence-corrected chi connectivity index (χ2v) is 5.30. The highest BCUT2D eigenvalue weighted by molar-refractivity contribution is 4.76. The SMILES string of the molecule is CCN1CCC(CNCCN2CCCC2)C1. The molecule has 3 nitrogen and oxygen atoms in total. The highest BCUT2D eigenvalue weighted by Crippen LogP contribution is 2.14. The molecule has 3 heteroatoms. The zero-order valence-electron chi connectivity index (χ0n) is 10.7. The van der Waals surface area contributed by atoms with E-state index in [-0.39, 0.29) is 0 Å². The van der Waals surface area contributed by atoms with Crippen molar-refractivity contribution in [3.05, 3.63) is 0 Å². The molecule has 2 aliphatic rings. The Morgan fingerprint density at radius 3 is 2.62 bits per heavy atom. The Bertz CT molecular complexity index is 190. The first-order valence-electron chi connectivity index (χ1n) is 7.04. The molecule has 0 saturated carbocycles. The third kappa shape index (κ3) is 3.72. The van der Waals surface area contributed by atoms with Gasteiger partial charge < -0.3 is 15.1 Å². The van der Waals surface area contributed by atoms with Crippen LogP contribution in [0.3, 0.4) is 0 Å². The first kappa shape index (κ1) is 12.3. The van der Waals surface area contributed by atoms with Gasteiger partial charge in [0.15, 0.2) is 0 Å². The maximum atomic E-state index is 3.63. The molecule has 1 N–H and O–H groups in total. The molecule has 2 saturated heterocycles. The largest absolute Gasteiger partial charge is 0.315 e. The molecule has 2 rings (SSSR count). The monoisotopic (exact) mass is 225 g/mol. The van der Waals surface area contributed by atoms with Crippen molar-refractivity contribution in [3.63, 3.8) is 0 Å². The van der Waals surface area contributed by atoms with Crippen LogP contribution in [-0.4, -0.2) is 62.2 Å². The van der Waals surface area contributed by atoms with E-state index in [4.69, 9.17) is 0 Å². The minimum Gasteiger partial charge on any atom is -0.315 e. The Labute approximate surface area is 100 Å². The van der Waals surface area contributed by atoms with Crippen molar-refractivity contribution in [1.82, 2.24) is 15.1 Å². The Kier molecular flexibility index (Phi) is 5.07. The molecule has 0 aromatic rings. The van der Waals surface area contributed by atoms with Crippen LogP contribution in [0.15, 0.2) is 0 Å². The van der Waals surface area contributed by atoms with E-state index in [1.807, 2.05) is 0 Å². The van der Waals surface area contributed by atoms with Crippen molar-refractivity contribution in [2.24, 2.45) is 5.92 Å². The molecule has 1 unspecified atom stereocenters. The van der Waals surface area contributed by atoms with Gasteiger partial charge in [0.25, 0.3) is 0 Å². The lowest BCUT2D eigenvalue weighted by Crippen LogP contribution is -2.33. The van der Waals surface area contributed by atoms with Crippen LogP contribution < -0.4 is 5.32 Å². The first-order valence-corrected chi connectivity index (χ1v) is 7.04. The van der Waals surface area contributed by atoms with Gasteiger partial charge in [-0.2, -0.15) is 0 Å². The molecule has 2 aliphatic heterocycles. The topological polar surface area (TPSA) is 18.5 Å². The number of rotatable bonds is 6. The van der Waals surface area contributed by atoms with Gasteiger partial charge in [0.2, 0.25) is 0 Å². The first-order chi connectivity index (χ1) is 7.88. The summed E-state index contributed by atoms with van der Waals surface area (Å²) in [6, 6.07) is 0. The van der Waals surface area contributed by atoms with Crippen LogP contribution in [-0.2, 0) is 0 Å². The van der Waals surface area contributed by atoms with E-state index in [1.54, 1.807) is 0 Å². The highest BCUT2D eigenvalue weighted by Gasteiger charge is 2.20. The summed E-state index contributed by atoms with van der Waals surface area (Å²) in [5, 5.41) is 3.63. The second-order valence-electron chi connectivity index (χ2n) is 5.30. The van der Waals surface area contributed by atoms with Crippen LogP contribution in [0.4, 0.5) is 0 Å². The van der Waals surface area contributed by atoms with E-state index < -0.39 is 0 Å². The molecule has 0 aromatic carbocycles. The normalized spacial score (nSPS) is 27.9. The molecule has 0 radical (unpaired) electrons. The maximum Gasteiger partial charge on any atom is 0.0107 e. The highest BCUT2D eigenvalue weighted by atomic mass is 15.2. The number of nitrogens with zero attached hydrogens (tertiary/aromatic N) is 2. The summed E-state index contributed by atoms with van der Waals surface area (Å²) < 4.78 is 0. The minimum absolute atomic E-state index is 0.901. The average Bonchev–Trinajstić information content (AvgIpc) is 2.95. The van der Waals surface area contributed by atoms with Crippen LogP contribution in [0, 0.1) is 5.92 Å². The van der Waals surface area contributed by atoms with Gasteiger partial charge in [-0.15, -0.1) is 0 Å². The Morgan fingerprint density at radius 2 is 1.94 bits per heavy atom. The van der Waals surface area contributed by atoms with Gasteiger partial charge in [-0.3, -0.25) is 0 Å². The molecule has 1 atom stereocenters. The minimum atomic E-state index is 0.901. The standard InChI is InChI=1S/C13H27N3/c1-2-15-9-5-13(12-15)11-14-6-10-16-7-3-4-8-16/h13-14H,2-12H2,1H3. The Hall–Kier alpha value is -0.120. The van der Waals surface area contributed by atoms with E-state index in [0.29, 0.717) is 0 Å². The lowest BCUT2D eigenvalue weighted by Gasteiger charge is -2.17. The summed E-state index contributed by atoms with van der Waals surface area (Å²) in [6.07, 6.45) is 4.22. The van der Waals surface area contributed by atoms with Gasteiger partial charge in [0, 0.05) is 19.6 Å². The molecule has 0 aliphatic carbocycles. The maximum absolute atomic E-state index is 3.63. The fraction of sp³-hybridized carbons (Fsp3) is 1.00. The number of hydrogen-bond acceptors (Lipinski definition) is 3. The van der Waals surface area contributed by atoms with E-state index >= 15 is 0 Å². The van der Waals surface area contributed by atoms with Crippen molar-refractivity contribution in [2.75, 3.05) is 52.4 Å². The quantitative estimate of drug-likeness (QED) is 0.681.